The maximum atomic E-state index is 12.6. The highest BCUT2D eigenvalue weighted by atomic mass is 16.5. The first-order chi connectivity index (χ1) is 14.0. The summed E-state index contributed by atoms with van der Waals surface area (Å²) in [5, 5.41) is 2.79. The third kappa shape index (κ3) is 7.67. The number of methoxy groups -OCH3 is 1. The number of rotatable bonds is 10. The molecule has 0 aliphatic heterocycles. The number of ether oxygens (including phenoxy) is 3. The molecule has 0 spiro atoms. The molecule has 1 amide bonds. The van der Waals surface area contributed by atoms with Crippen LogP contribution in [0, 0.1) is 0 Å². The summed E-state index contributed by atoms with van der Waals surface area (Å²) in [7, 11) is 3.33. The van der Waals surface area contributed by atoms with E-state index in [9.17, 15) is 4.79 Å². The van der Waals surface area contributed by atoms with Gasteiger partial charge in [0.1, 0.15) is 30.0 Å². The van der Waals surface area contributed by atoms with Crippen LogP contribution in [0.3, 0.4) is 0 Å². The van der Waals surface area contributed by atoms with E-state index in [0.717, 1.165) is 5.56 Å². The smallest absolute Gasteiger partial charge is 0.279 e. The van der Waals surface area contributed by atoms with Crippen LogP contribution >= 0.6 is 0 Å². The molecule has 3 N–H and O–H groups in total. The molecule has 29 heavy (non-hydrogen) atoms. The summed E-state index contributed by atoms with van der Waals surface area (Å²) in [4.78, 5) is 16.4. The minimum absolute atomic E-state index is 0.0928. The first-order valence-corrected chi connectivity index (χ1v) is 9.21. The molecule has 0 saturated carbocycles. The Morgan fingerprint density at radius 3 is 2.62 bits per heavy atom. The van der Waals surface area contributed by atoms with Crippen LogP contribution in [0.1, 0.15) is 22.8 Å². The van der Waals surface area contributed by atoms with E-state index in [1.807, 2.05) is 37.3 Å². The highest BCUT2D eigenvalue weighted by Gasteiger charge is 2.12. The molecular formula is C22H27N3O4. The summed E-state index contributed by atoms with van der Waals surface area (Å²) in [5.41, 5.74) is 7.08. The van der Waals surface area contributed by atoms with Crippen LogP contribution in [0.5, 0.6) is 11.5 Å². The van der Waals surface area contributed by atoms with Crippen LogP contribution in [-0.2, 0) is 11.3 Å². The quantitative estimate of drug-likeness (QED) is 0.473. The molecule has 1 unspecified atom stereocenters. The average Bonchev–Trinajstić information content (AvgIpc) is 2.71. The van der Waals surface area contributed by atoms with Gasteiger partial charge in [-0.25, -0.2) is 0 Å². The molecule has 7 nitrogen and oxygen atoms in total. The van der Waals surface area contributed by atoms with Gasteiger partial charge in [0, 0.05) is 25.8 Å². The van der Waals surface area contributed by atoms with Crippen molar-refractivity contribution in [3.05, 3.63) is 71.9 Å². The Bertz CT molecular complexity index is 850. The summed E-state index contributed by atoms with van der Waals surface area (Å²) in [6.07, 6.45) is 2.90. The SMILES string of the molecule is CN/C=C\C(N)=NC(=O)c1cc(OCc2ccccc2)cc(OC(C)COC)c1. The lowest BCUT2D eigenvalue weighted by molar-refractivity contribution is 0.0913. The molecule has 1 atom stereocenters. The lowest BCUT2D eigenvalue weighted by Gasteiger charge is -2.16. The molecule has 0 saturated heterocycles. The Morgan fingerprint density at radius 1 is 1.21 bits per heavy atom. The number of amides is 1. The Balaban J connectivity index is 2.25. The van der Waals surface area contributed by atoms with Gasteiger partial charge in [0.15, 0.2) is 0 Å². The van der Waals surface area contributed by atoms with E-state index in [0.29, 0.717) is 30.3 Å². The van der Waals surface area contributed by atoms with E-state index >= 15 is 0 Å². The van der Waals surface area contributed by atoms with Crippen molar-refractivity contribution >= 4 is 11.7 Å². The molecule has 0 bridgehead atoms. The van der Waals surface area contributed by atoms with Gasteiger partial charge in [-0.1, -0.05) is 30.3 Å². The van der Waals surface area contributed by atoms with E-state index in [-0.39, 0.29) is 11.9 Å². The van der Waals surface area contributed by atoms with Crippen molar-refractivity contribution in [3.8, 4) is 11.5 Å². The van der Waals surface area contributed by atoms with Gasteiger partial charge >= 0.3 is 0 Å². The maximum Gasteiger partial charge on any atom is 0.279 e. The zero-order valence-corrected chi connectivity index (χ0v) is 16.9. The van der Waals surface area contributed by atoms with E-state index in [2.05, 4.69) is 10.3 Å². The molecular weight excluding hydrogens is 370 g/mol. The van der Waals surface area contributed by atoms with Crippen molar-refractivity contribution in [3.63, 3.8) is 0 Å². The van der Waals surface area contributed by atoms with Crippen LogP contribution in [0.15, 0.2) is 65.8 Å². The molecule has 2 aromatic rings. The number of benzene rings is 2. The summed E-state index contributed by atoms with van der Waals surface area (Å²) >= 11 is 0. The molecule has 2 rings (SSSR count). The van der Waals surface area contributed by atoms with Gasteiger partial charge < -0.3 is 25.3 Å². The number of carbonyl (C=O) groups excluding carboxylic acids is 1. The normalized spacial score (nSPS) is 12.6. The number of nitrogens with zero attached hydrogens (tertiary/aromatic N) is 1. The average molecular weight is 397 g/mol. The number of nitrogens with two attached hydrogens (primary N) is 1. The first-order valence-electron chi connectivity index (χ1n) is 9.21. The van der Waals surface area contributed by atoms with E-state index in [4.69, 9.17) is 19.9 Å². The monoisotopic (exact) mass is 397 g/mol. The van der Waals surface area contributed by atoms with E-state index < -0.39 is 5.91 Å². The lowest BCUT2D eigenvalue weighted by Crippen LogP contribution is -2.18. The zero-order chi connectivity index (χ0) is 21.1. The Labute approximate surface area is 171 Å². The molecule has 7 heteroatoms. The van der Waals surface area contributed by atoms with Crippen LogP contribution in [0.25, 0.3) is 0 Å². The van der Waals surface area contributed by atoms with Crippen molar-refractivity contribution in [2.45, 2.75) is 19.6 Å². The third-order valence-corrected chi connectivity index (χ3v) is 3.77. The molecule has 0 aromatic heterocycles. The number of nitrogens with one attached hydrogen (secondary N) is 1. The second-order valence-electron chi connectivity index (χ2n) is 6.32. The molecule has 0 aliphatic carbocycles. The number of hydrogen-bond donors (Lipinski definition) is 2. The van der Waals surface area contributed by atoms with Gasteiger partial charge in [0.25, 0.3) is 5.91 Å². The summed E-state index contributed by atoms with van der Waals surface area (Å²) < 4.78 is 16.8. The molecule has 0 radical (unpaired) electrons. The van der Waals surface area contributed by atoms with Crippen molar-refractivity contribution < 1.29 is 19.0 Å². The summed E-state index contributed by atoms with van der Waals surface area (Å²) in [6.45, 7) is 2.65. The fraction of sp³-hybridized carbons (Fsp3) is 0.273. The number of carbonyl (C=O) groups is 1. The van der Waals surface area contributed by atoms with Crippen LogP contribution in [-0.4, -0.2) is 38.6 Å². The number of aliphatic imine (C=N–C) groups is 1. The molecule has 2 aromatic carbocycles. The minimum atomic E-state index is -0.488. The Morgan fingerprint density at radius 2 is 1.93 bits per heavy atom. The second-order valence-corrected chi connectivity index (χ2v) is 6.32. The third-order valence-electron chi connectivity index (χ3n) is 3.77. The summed E-state index contributed by atoms with van der Waals surface area (Å²) in [5.74, 6) is 0.592. The van der Waals surface area contributed by atoms with Crippen molar-refractivity contribution in [1.82, 2.24) is 5.32 Å². The minimum Gasteiger partial charge on any atom is -0.489 e. The predicted molar refractivity (Wildman–Crippen MR) is 113 cm³/mol. The number of amidine groups is 1. The zero-order valence-electron chi connectivity index (χ0n) is 16.9. The van der Waals surface area contributed by atoms with E-state index in [1.54, 1.807) is 38.6 Å². The second kappa shape index (κ2) is 11.5. The standard InChI is InChI=1S/C22H27N3O4/c1-16(14-27-3)29-20-12-18(22(26)25-21(23)9-10-24-2)11-19(13-20)28-15-17-7-5-4-6-8-17/h4-13,16,24H,14-15H2,1-3H3,(H2,23,25,26)/b10-9-. The fourth-order valence-electron chi connectivity index (χ4n) is 2.48. The van der Waals surface area contributed by atoms with Gasteiger partial charge in [0.05, 0.1) is 6.61 Å². The largest absolute Gasteiger partial charge is 0.489 e. The molecule has 154 valence electrons. The Kier molecular flexibility index (Phi) is 8.72. The van der Waals surface area contributed by atoms with Crippen molar-refractivity contribution in [1.29, 1.82) is 0 Å². The predicted octanol–water partition coefficient (Wildman–Crippen LogP) is 2.91. The van der Waals surface area contributed by atoms with Crippen LogP contribution < -0.4 is 20.5 Å². The number of hydrogen-bond acceptors (Lipinski definition) is 5. The van der Waals surface area contributed by atoms with Gasteiger partial charge in [-0.3, -0.25) is 4.79 Å². The van der Waals surface area contributed by atoms with Gasteiger partial charge in [-0.15, -0.1) is 0 Å². The fourth-order valence-corrected chi connectivity index (χ4v) is 2.48. The van der Waals surface area contributed by atoms with Crippen LogP contribution in [0.2, 0.25) is 0 Å². The lowest BCUT2D eigenvalue weighted by atomic mass is 10.2. The topological polar surface area (TPSA) is 95.2 Å². The highest BCUT2D eigenvalue weighted by molar-refractivity contribution is 6.06. The van der Waals surface area contributed by atoms with Crippen LogP contribution in [0.4, 0.5) is 0 Å². The Hall–Kier alpha value is -3.32. The van der Waals surface area contributed by atoms with Crippen molar-refractivity contribution in [2.75, 3.05) is 20.8 Å². The van der Waals surface area contributed by atoms with E-state index in [1.165, 1.54) is 6.08 Å². The maximum absolute atomic E-state index is 12.6. The molecule has 0 heterocycles. The summed E-state index contributed by atoms with van der Waals surface area (Å²) in [6, 6.07) is 14.7. The van der Waals surface area contributed by atoms with Gasteiger partial charge in [-0.05, 0) is 36.9 Å². The molecule has 0 fully saturated rings. The van der Waals surface area contributed by atoms with Gasteiger partial charge in [-0.2, -0.15) is 4.99 Å². The van der Waals surface area contributed by atoms with Gasteiger partial charge in [0.2, 0.25) is 0 Å². The first kappa shape index (κ1) is 22.0. The van der Waals surface area contributed by atoms with Crippen molar-refractivity contribution in [2.24, 2.45) is 10.7 Å². The molecule has 0 aliphatic rings. The highest BCUT2D eigenvalue weighted by Crippen LogP contribution is 2.25.